The summed E-state index contributed by atoms with van der Waals surface area (Å²) >= 11 is 0. The Hall–Kier alpha value is -0.900. The van der Waals surface area contributed by atoms with Crippen molar-refractivity contribution in [3.63, 3.8) is 0 Å². The molecule has 3 aliphatic rings. The van der Waals surface area contributed by atoms with Crippen molar-refractivity contribution in [3.8, 4) is 0 Å². The summed E-state index contributed by atoms with van der Waals surface area (Å²) in [5, 5.41) is 13.0. The van der Waals surface area contributed by atoms with Crippen molar-refractivity contribution in [3.05, 3.63) is 0 Å². The van der Waals surface area contributed by atoms with E-state index in [4.69, 9.17) is 9.47 Å². The van der Waals surface area contributed by atoms with E-state index in [9.17, 15) is 23.1 Å². The van der Waals surface area contributed by atoms with Gasteiger partial charge in [0.1, 0.15) is 0 Å². The van der Waals surface area contributed by atoms with Crippen LogP contribution in [0, 0.1) is 5.92 Å². The van der Waals surface area contributed by atoms with Crippen LogP contribution in [0.4, 0.5) is 13.2 Å². The number of β-amino-alcohol motifs (C(OH)–C–C–N with tert-alkyl or cyclic N) is 1. The molecule has 3 rings (SSSR count). The van der Waals surface area contributed by atoms with Crippen LogP contribution >= 0.6 is 0 Å². The number of carbonyl (C=O) groups excluding carboxylic acids is 1. The van der Waals surface area contributed by atoms with E-state index in [1.165, 1.54) is 32.1 Å². The van der Waals surface area contributed by atoms with Crippen LogP contribution in [0.15, 0.2) is 0 Å². The summed E-state index contributed by atoms with van der Waals surface area (Å²) in [4.78, 5) is 14.1. The van der Waals surface area contributed by atoms with Crippen molar-refractivity contribution in [1.82, 2.24) is 10.2 Å². The van der Waals surface area contributed by atoms with Crippen molar-refractivity contribution in [2.24, 2.45) is 5.92 Å². The number of amides is 1. The number of rotatable bonds is 6. The normalized spacial score (nSPS) is 32.1. The van der Waals surface area contributed by atoms with Crippen molar-refractivity contribution >= 4 is 5.91 Å². The Morgan fingerprint density at radius 3 is 2.60 bits per heavy atom. The number of aliphatic hydroxyl groups excluding tert-OH is 1. The minimum atomic E-state index is -4.24. The number of nitrogens with zero attached hydrogens (tertiary/aromatic N) is 1. The van der Waals surface area contributed by atoms with Crippen molar-refractivity contribution in [2.45, 2.75) is 88.3 Å². The summed E-state index contributed by atoms with van der Waals surface area (Å²) in [7, 11) is 0. The molecule has 2 aliphatic heterocycles. The highest BCUT2D eigenvalue weighted by Gasteiger charge is 2.39. The molecule has 2 N–H and O–H groups in total. The molecular weight excluding hydrogens is 401 g/mol. The zero-order valence-electron chi connectivity index (χ0n) is 17.5. The lowest BCUT2D eigenvalue weighted by atomic mass is 9.89. The van der Waals surface area contributed by atoms with Gasteiger partial charge >= 0.3 is 6.18 Å². The molecule has 4 atom stereocenters. The first-order valence-corrected chi connectivity index (χ1v) is 11.3. The van der Waals surface area contributed by atoms with Crippen LogP contribution in [0.1, 0.15) is 57.8 Å². The highest BCUT2D eigenvalue weighted by atomic mass is 19.4. The number of hydrogen-bond acceptors (Lipinski definition) is 5. The van der Waals surface area contributed by atoms with Crippen LogP contribution in [0.5, 0.6) is 0 Å². The van der Waals surface area contributed by atoms with Gasteiger partial charge in [-0.3, -0.25) is 9.69 Å². The van der Waals surface area contributed by atoms with Crippen molar-refractivity contribution in [2.75, 3.05) is 32.8 Å². The molecule has 30 heavy (non-hydrogen) atoms. The second-order valence-electron chi connectivity index (χ2n) is 9.00. The predicted octanol–water partition coefficient (Wildman–Crippen LogP) is 2.63. The van der Waals surface area contributed by atoms with Gasteiger partial charge in [0, 0.05) is 25.7 Å². The summed E-state index contributed by atoms with van der Waals surface area (Å²) in [5.41, 5.74) is 0. The molecule has 174 valence electrons. The van der Waals surface area contributed by atoms with Crippen LogP contribution in [-0.4, -0.2) is 79.3 Å². The second-order valence-corrected chi connectivity index (χ2v) is 9.00. The van der Waals surface area contributed by atoms with Crippen LogP contribution in [0.25, 0.3) is 0 Å². The van der Waals surface area contributed by atoms with E-state index in [0.717, 1.165) is 0 Å². The number of carbonyl (C=O) groups is 1. The number of alkyl halides is 3. The Kier molecular flexibility index (Phi) is 8.80. The Morgan fingerprint density at radius 2 is 1.87 bits per heavy atom. The first kappa shape index (κ1) is 23.8. The summed E-state index contributed by atoms with van der Waals surface area (Å²) in [5.74, 6) is 0.534. The lowest BCUT2D eigenvalue weighted by Gasteiger charge is -2.44. The minimum absolute atomic E-state index is 0.0277. The third kappa shape index (κ3) is 7.66. The maximum Gasteiger partial charge on any atom is 0.390 e. The smallest absolute Gasteiger partial charge is 0.389 e. The molecule has 0 aromatic heterocycles. The summed E-state index contributed by atoms with van der Waals surface area (Å²) in [6.07, 6.45) is 0.947. The Bertz CT molecular complexity index is 543. The maximum absolute atomic E-state index is 12.7. The number of aliphatic hydroxyl groups is 1. The average Bonchev–Trinajstić information content (AvgIpc) is 2.69. The van der Waals surface area contributed by atoms with E-state index in [2.05, 4.69) is 5.32 Å². The minimum Gasteiger partial charge on any atom is -0.389 e. The molecule has 2 saturated heterocycles. The Morgan fingerprint density at radius 1 is 1.10 bits per heavy atom. The van der Waals surface area contributed by atoms with E-state index in [1.807, 2.05) is 0 Å². The van der Waals surface area contributed by atoms with Crippen LogP contribution < -0.4 is 5.32 Å². The Labute approximate surface area is 176 Å². The van der Waals surface area contributed by atoms with E-state index >= 15 is 0 Å². The maximum atomic E-state index is 12.7. The molecule has 0 radical (unpaired) electrons. The molecular formula is C21H35F3N2O4. The van der Waals surface area contributed by atoms with Gasteiger partial charge in [0.05, 0.1) is 44.4 Å². The highest BCUT2D eigenvalue weighted by molar-refractivity contribution is 5.76. The molecule has 2 heterocycles. The third-order valence-electron chi connectivity index (χ3n) is 6.50. The second kappa shape index (κ2) is 11.1. The molecule has 0 bridgehead atoms. The average molecular weight is 437 g/mol. The van der Waals surface area contributed by atoms with Crippen LogP contribution in [-0.2, 0) is 14.3 Å². The molecule has 0 aromatic rings. The number of fused-ring (bicyclic) bond motifs is 1. The fraction of sp³-hybridized carbons (Fsp3) is 0.952. The number of hydrogen-bond donors (Lipinski definition) is 2. The molecule has 3 fully saturated rings. The highest BCUT2D eigenvalue weighted by Crippen LogP contribution is 2.29. The summed E-state index contributed by atoms with van der Waals surface area (Å²) in [6, 6.07) is -0.246. The first-order valence-electron chi connectivity index (χ1n) is 11.3. The van der Waals surface area contributed by atoms with Gasteiger partial charge in [-0.15, -0.1) is 0 Å². The van der Waals surface area contributed by atoms with Crippen molar-refractivity contribution < 1.29 is 32.5 Å². The molecule has 1 aliphatic carbocycles. The summed E-state index contributed by atoms with van der Waals surface area (Å²) in [6.45, 7) is 0.959. The lowest BCUT2D eigenvalue weighted by Crippen LogP contribution is -2.56. The molecule has 6 nitrogen and oxygen atoms in total. The number of halogens is 3. The van der Waals surface area contributed by atoms with Crippen LogP contribution in [0.3, 0.4) is 0 Å². The van der Waals surface area contributed by atoms with Gasteiger partial charge in [-0.2, -0.15) is 13.2 Å². The van der Waals surface area contributed by atoms with Crippen molar-refractivity contribution in [1.29, 1.82) is 0 Å². The van der Waals surface area contributed by atoms with Gasteiger partial charge in [-0.05, 0) is 31.6 Å². The molecule has 0 unspecified atom stereocenters. The van der Waals surface area contributed by atoms with Gasteiger partial charge in [-0.25, -0.2) is 0 Å². The fourth-order valence-corrected chi connectivity index (χ4v) is 4.90. The predicted molar refractivity (Wildman–Crippen MR) is 105 cm³/mol. The SMILES string of the molecule is O=C(C[C@@H]1CC[C@H]2[C@@H](COC[C@@H](O)CN2CCC(F)(F)F)O1)NCC1CCCCC1. The third-order valence-corrected chi connectivity index (χ3v) is 6.50. The number of ether oxygens (including phenoxy) is 2. The van der Waals surface area contributed by atoms with Gasteiger partial charge in [0.25, 0.3) is 0 Å². The van der Waals surface area contributed by atoms with E-state index in [-0.39, 0.29) is 50.8 Å². The Balaban J connectivity index is 1.49. The number of nitrogens with one attached hydrogen (secondary N) is 1. The zero-order chi connectivity index (χ0) is 21.6. The summed E-state index contributed by atoms with van der Waals surface area (Å²) < 4.78 is 49.8. The van der Waals surface area contributed by atoms with Crippen LogP contribution in [0.2, 0.25) is 0 Å². The molecule has 1 amide bonds. The topological polar surface area (TPSA) is 71.0 Å². The lowest BCUT2D eigenvalue weighted by molar-refractivity contribution is -0.169. The van der Waals surface area contributed by atoms with Gasteiger partial charge in [0.15, 0.2) is 0 Å². The largest absolute Gasteiger partial charge is 0.390 e. The standard InChI is InChI=1S/C21H35F3N2O4/c22-21(23,24)8-9-26-12-16(27)13-29-14-19-18(26)7-6-17(30-19)10-20(28)25-11-15-4-2-1-3-5-15/h15-19,27H,1-14H2,(H,25,28)/t16-,17-,18-,19+/m0/s1. The van der Waals surface area contributed by atoms with E-state index in [0.29, 0.717) is 25.3 Å². The van der Waals surface area contributed by atoms with Gasteiger partial charge in [-0.1, -0.05) is 19.3 Å². The fourth-order valence-electron chi connectivity index (χ4n) is 4.90. The first-order chi connectivity index (χ1) is 14.3. The quantitative estimate of drug-likeness (QED) is 0.670. The molecule has 1 saturated carbocycles. The van der Waals surface area contributed by atoms with E-state index in [1.54, 1.807) is 4.90 Å². The zero-order valence-corrected chi connectivity index (χ0v) is 17.5. The van der Waals surface area contributed by atoms with E-state index < -0.39 is 24.8 Å². The molecule has 9 heteroatoms. The van der Waals surface area contributed by atoms with Gasteiger partial charge in [0.2, 0.25) is 5.91 Å². The van der Waals surface area contributed by atoms with Gasteiger partial charge < -0.3 is 19.9 Å². The monoisotopic (exact) mass is 436 g/mol. The molecule has 0 spiro atoms. The molecule has 0 aromatic carbocycles.